The second kappa shape index (κ2) is 5.83. The molecule has 110 valence electrons. The van der Waals surface area contributed by atoms with Gasteiger partial charge in [-0.25, -0.2) is 4.99 Å². The zero-order valence-electron chi connectivity index (χ0n) is 12.5. The maximum Gasteiger partial charge on any atom is 0.144 e. The lowest BCUT2D eigenvalue weighted by atomic mass is 9.96. The molecule has 0 spiro atoms. The van der Waals surface area contributed by atoms with Crippen LogP contribution < -0.4 is 16.2 Å². The van der Waals surface area contributed by atoms with Crippen LogP contribution in [0, 0.1) is 5.41 Å². The highest BCUT2D eigenvalue weighted by molar-refractivity contribution is 6.23. The highest BCUT2D eigenvalue weighted by Gasteiger charge is 2.13. The van der Waals surface area contributed by atoms with E-state index in [2.05, 4.69) is 4.99 Å². The Labute approximate surface area is 124 Å². The molecule has 0 saturated heterocycles. The summed E-state index contributed by atoms with van der Waals surface area (Å²) in [6.45, 7) is 6.28. The van der Waals surface area contributed by atoms with Gasteiger partial charge in [0.25, 0.3) is 0 Å². The number of hydrogen-bond donors (Lipinski definition) is 3. The van der Waals surface area contributed by atoms with Gasteiger partial charge in [0.05, 0.1) is 35.1 Å². The molecule has 1 aliphatic rings. The van der Waals surface area contributed by atoms with E-state index in [1.165, 1.54) is 0 Å². The van der Waals surface area contributed by atoms with Crippen molar-refractivity contribution in [2.24, 2.45) is 4.99 Å². The van der Waals surface area contributed by atoms with E-state index in [9.17, 15) is 0 Å². The van der Waals surface area contributed by atoms with Crippen LogP contribution in [0.5, 0.6) is 5.75 Å². The number of nitrogens with zero attached hydrogens (tertiary/aromatic N) is 1. The molecule has 21 heavy (non-hydrogen) atoms. The van der Waals surface area contributed by atoms with Crippen LogP contribution in [0.15, 0.2) is 40.4 Å². The van der Waals surface area contributed by atoms with E-state index in [-0.39, 0.29) is 0 Å². The van der Waals surface area contributed by atoms with Gasteiger partial charge in [-0.3, -0.25) is 0 Å². The monoisotopic (exact) mass is 284 g/mol. The lowest BCUT2D eigenvalue weighted by molar-refractivity contribution is 0.342. The van der Waals surface area contributed by atoms with Gasteiger partial charge in [-0.05, 0) is 50.1 Å². The van der Waals surface area contributed by atoms with Crippen LogP contribution >= 0.6 is 0 Å². The predicted molar refractivity (Wildman–Crippen MR) is 88.8 cm³/mol. The Bertz CT molecular complexity index is 684. The van der Waals surface area contributed by atoms with Gasteiger partial charge in [0.1, 0.15) is 5.75 Å². The molecule has 0 heterocycles. The molecule has 0 saturated carbocycles. The number of nitrogens with two attached hydrogens (primary N) is 2. The molecule has 0 bridgehead atoms. The van der Waals surface area contributed by atoms with Crippen LogP contribution in [0.4, 0.5) is 17.1 Å². The Morgan fingerprint density at radius 3 is 2.48 bits per heavy atom. The van der Waals surface area contributed by atoms with Crippen molar-refractivity contribution in [3.05, 3.63) is 35.4 Å². The van der Waals surface area contributed by atoms with Crippen LogP contribution in [0.1, 0.15) is 20.8 Å². The summed E-state index contributed by atoms with van der Waals surface area (Å²) in [5.41, 5.74) is 16.7. The molecule has 5 nitrogen and oxygen atoms in total. The second-order valence-electron chi connectivity index (χ2n) is 4.88. The molecular weight excluding hydrogens is 264 g/mol. The first-order valence-corrected chi connectivity index (χ1v) is 6.79. The topological polar surface area (TPSA) is 97.5 Å². The van der Waals surface area contributed by atoms with Gasteiger partial charge in [0.15, 0.2) is 0 Å². The van der Waals surface area contributed by atoms with E-state index in [0.717, 1.165) is 16.9 Å². The summed E-state index contributed by atoms with van der Waals surface area (Å²) < 4.78 is 5.47. The molecule has 0 amide bonds. The van der Waals surface area contributed by atoms with Gasteiger partial charge in [0, 0.05) is 6.07 Å². The van der Waals surface area contributed by atoms with Crippen molar-refractivity contribution in [3.63, 3.8) is 0 Å². The fourth-order valence-electron chi connectivity index (χ4n) is 2.04. The van der Waals surface area contributed by atoms with Gasteiger partial charge in [-0.15, -0.1) is 0 Å². The molecular formula is C16H20N4O. The molecule has 0 radical (unpaired) electrons. The summed E-state index contributed by atoms with van der Waals surface area (Å²) in [7, 11) is 0. The summed E-state index contributed by atoms with van der Waals surface area (Å²) in [6, 6.07) is 3.41. The SMILES string of the molecule is CCOc1cc(N=C2C=CC(=N)C(C)=C2C)c(N)cc1N. The molecule has 0 aliphatic heterocycles. The van der Waals surface area contributed by atoms with E-state index < -0.39 is 0 Å². The van der Waals surface area contributed by atoms with Crippen molar-refractivity contribution in [1.82, 2.24) is 0 Å². The lowest BCUT2D eigenvalue weighted by Crippen LogP contribution is -2.10. The Kier molecular flexibility index (Phi) is 4.12. The third-order valence-electron chi connectivity index (χ3n) is 3.46. The summed E-state index contributed by atoms with van der Waals surface area (Å²) in [4.78, 5) is 4.58. The molecule has 1 aromatic rings. The Morgan fingerprint density at radius 2 is 1.81 bits per heavy atom. The van der Waals surface area contributed by atoms with Crippen LogP contribution in [-0.2, 0) is 0 Å². The molecule has 0 atom stereocenters. The van der Waals surface area contributed by atoms with E-state index in [1.54, 1.807) is 18.2 Å². The first-order valence-electron chi connectivity index (χ1n) is 6.79. The molecule has 0 aromatic heterocycles. The molecule has 5 N–H and O–H groups in total. The number of rotatable bonds is 3. The maximum absolute atomic E-state index is 7.79. The standard InChI is InChI=1S/C16H20N4O/c1-4-21-16-8-15(12(18)7-13(16)19)20-14-6-5-11(17)9(2)10(14)3/h5-8,17H,4,18-19H2,1-3H3. The number of nitrogen functional groups attached to an aromatic ring is 2. The Hall–Kier alpha value is -2.56. The molecule has 1 aliphatic carbocycles. The van der Waals surface area contributed by atoms with Crippen LogP contribution in [0.25, 0.3) is 0 Å². The van der Waals surface area contributed by atoms with Gasteiger partial charge in [0.2, 0.25) is 0 Å². The predicted octanol–water partition coefficient (Wildman–Crippen LogP) is 3.25. The fourth-order valence-corrected chi connectivity index (χ4v) is 2.04. The summed E-state index contributed by atoms with van der Waals surface area (Å²) in [5.74, 6) is 0.580. The minimum absolute atomic E-state index is 0.503. The zero-order chi connectivity index (χ0) is 15.6. The third-order valence-corrected chi connectivity index (χ3v) is 3.46. The molecule has 2 rings (SSSR count). The van der Waals surface area contributed by atoms with Crippen LogP contribution in [0.2, 0.25) is 0 Å². The number of benzene rings is 1. The fraction of sp³-hybridized carbons (Fsp3) is 0.250. The van der Waals surface area contributed by atoms with Crippen molar-refractivity contribution in [3.8, 4) is 5.75 Å². The largest absolute Gasteiger partial charge is 0.492 e. The Balaban J connectivity index is 2.48. The van der Waals surface area contributed by atoms with E-state index in [0.29, 0.717) is 35.1 Å². The van der Waals surface area contributed by atoms with Crippen molar-refractivity contribution in [2.75, 3.05) is 18.1 Å². The summed E-state index contributed by atoms with van der Waals surface area (Å²) in [5, 5.41) is 7.79. The first-order chi connectivity index (χ1) is 9.93. The highest BCUT2D eigenvalue weighted by atomic mass is 16.5. The molecule has 5 heteroatoms. The molecule has 0 unspecified atom stereocenters. The van der Waals surface area contributed by atoms with Crippen LogP contribution in [0.3, 0.4) is 0 Å². The quantitative estimate of drug-likeness (QED) is 0.587. The van der Waals surface area contributed by atoms with Gasteiger partial charge < -0.3 is 21.6 Å². The van der Waals surface area contributed by atoms with Gasteiger partial charge in [-0.2, -0.15) is 0 Å². The van der Waals surface area contributed by atoms with Crippen molar-refractivity contribution in [1.29, 1.82) is 5.41 Å². The average Bonchev–Trinajstić information content (AvgIpc) is 2.44. The summed E-state index contributed by atoms with van der Waals surface area (Å²) in [6.07, 6.45) is 3.55. The number of aliphatic imine (C=N–C) groups is 1. The van der Waals surface area contributed by atoms with E-state index in [1.807, 2.05) is 26.8 Å². The molecule has 1 aromatic carbocycles. The average molecular weight is 284 g/mol. The smallest absolute Gasteiger partial charge is 0.144 e. The lowest BCUT2D eigenvalue weighted by Gasteiger charge is -2.14. The third kappa shape index (κ3) is 2.97. The number of anilines is 2. The first kappa shape index (κ1) is 14.8. The van der Waals surface area contributed by atoms with E-state index in [4.69, 9.17) is 21.6 Å². The number of nitrogens with one attached hydrogen (secondary N) is 1. The van der Waals surface area contributed by atoms with Gasteiger partial charge >= 0.3 is 0 Å². The molecule has 0 fully saturated rings. The van der Waals surface area contributed by atoms with Crippen molar-refractivity contribution >= 4 is 28.5 Å². The highest BCUT2D eigenvalue weighted by Crippen LogP contribution is 2.34. The number of ether oxygens (including phenoxy) is 1. The van der Waals surface area contributed by atoms with Crippen molar-refractivity contribution in [2.45, 2.75) is 20.8 Å². The zero-order valence-corrected chi connectivity index (χ0v) is 12.5. The van der Waals surface area contributed by atoms with Gasteiger partial charge in [-0.1, -0.05) is 0 Å². The normalized spacial score (nSPS) is 16.7. The minimum Gasteiger partial charge on any atom is -0.492 e. The summed E-state index contributed by atoms with van der Waals surface area (Å²) >= 11 is 0. The van der Waals surface area contributed by atoms with Crippen molar-refractivity contribution < 1.29 is 4.74 Å². The maximum atomic E-state index is 7.79. The number of allylic oxidation sites excluding steroid dienone is 4. The number of hydrogen-bond acceptors (Lipinski definition) is 5. The minimum atomic E-state index is 0.503. The Morgan fingerprint density at radius 1 is 1.10 bits per heavy atom. The second-order valence-corrected chi connectivity index (χ2v) is 4.88. The van der Waals surface area contributed by atoms with Crippen LogP contribution in [-0.4, -0.2) is 18.0 Å². The van der Waals surface area contributed by atoms with E-state index >= 15 is 0 Å².